The molecule has 0 unspecified atom stereocenters. The highest BCUT2D eigenvalue weighted by molar-refractivity contribution is 5.92. The zero-order chi connectivity index (χ0) is 23.3. The second-order valence-electron chi connectivity index (χ2n) is 7.88. The summed E-state index contributed by atoms with van der Waals surface area (Å²) in [6.45, 7) is 0.635. The molecule has 34 heavy (non-hydrogen) atoms. The van der Waals surface area contributed by atoms with Crippen molar-refractivity contribution in [2.75, 3.05) is 0 Å². The van der Waals surface area contributed by atoms with Crippen LogP contribution < -0.4 is 10.3 Å². The Bertz CT molecular complexity index is 1380. The predicted octanol–water partition coefficient (Wildman–Crippen LogP) is 4.31. The van der Waals surface area contributed by atoms with Gasteiger partial charge in [-0.2, -0.15) is 4.57 Å². The van der Waals surface area contributed by atoms with Crippen molar-refractivity contribution in [3.05, 3.63) is 121 Å². The largest absolute Gasteiger partial charge is 0.365 e. The third-order valence-corrected chi connectivity index (χ3v) is 5.48. The van der Waals surface area contributed by atoms with Gasteiger partial charge in [-0.3, -0.25) is 14.8 Å². The van der Waals surface area contributed by atoms with Gasteiger partial charge in [0.25, 0.3) is 5.91 Å². The Balaban J connectivity index is 1.49. The van der Waals surface area contributed by atoms with Crippen LogP contribution >= 0.6 is 0 Å². The van der Waals surface area contributed by atoms with Crippen molar-refractivity contribution < 1.29 is 9.36 Å². The van der Waals surface area contributed by atoms with Gasteiger partial charge in [0.15, 0.2) is 18.9 Å². The molecule has 0 aliphatic heterocycles. The predicted molar refractivity (Wildman–Crippen MR) is 130 cm³/mol. The first kappa shape index (κ1) is 21.2. The van der Waals surface area contributed by atoms with Crippen molar-refractivity contribution in [3.8, 4) is 33.9 Å². The molecule has 6 nitrogen and oxygen atoms in total. The zero-order valence-electron chi connectivity index (χ0n) is 18.4. The van der Waals surface area contributed by atoms with Gasteiger partial charge in [0.2, 0.25) is 0 Å². The Morgan fingerprint density at radius 3 is 1.94 bits per heavy atom. The van der Waals surface area contributed by atoms with Gasteiger partial charge in [0.1, 0.15) is 5.56 Å². The van der Waals surface area contributed by atoms with Crippen molar-refractivity contribution in [1.82, 2.24) is 15.0 Å². The molecule has 0 aliphatic rings. The SMILES string of the molecule is NC(=O)c1ccc[n+](Cc2ccc(-c3cc(-c4ccccn4)nc(-c4ccccn4)c3)cc2)c1. The molecule has 6 heteroatoms. The van der Waals surface area contributed by atoms with Crippen molar-refractivity contribution in [2.45, 2.75) is 6.54 Å². The first-order valence-electron chi connectivity index (χ1n) is 10.9. The first-order chi connectivity index (χ1) is 16.7. The van der Waals surface area contributed by atoms with E-state index < -0.39 is 5.91 Å². The lowest BCUT2D eigenvalue weighted by molar-refractivity contribution is -0.688. The van der Waals surface area contributed by atoms with Crippen LogP contribution in [0.15, 0.2) is 110 Å². The fraction of sp³-hybridized carbons (Fsp3) is 0.0357. The molecule has 0 fully saturated rings. The van der Waals surface area contributed by atoms with E-state index in [0.29, 0.717) is 12.1 Å². The Morgan fingerprint density at radius 2 is 1.38 bits per heavy atom. The highest BCUT2D eigenvalue weighted by Crippen LogP contribution is 2.29. The van der Waals surface area contributed by atoms with Gasteiger partial charge in [-0.05, 0) is 53.6 Å². The average Bonchev–Trinajstić information content (AvgIpc) is 2.90. The quantitative estimate of drug-likeness (QED) is 0.396. The summed E-state index contributed by atoms with van der Waals surface area (Å²) in [5.41, 5.74) is 12.3. The molecule has 4 heterocycles. The number of amides is 1. The maximum Gasteiger partial charge on any atom is 0.254 e. The lowest BCUT2D eigenvalue weighted by atomic mass is 10.0. The number of rotatable bonds is 6. The van der Waals surface area contributed by atoms with Crippen LogP contribution in [0.2, 0.25) is 0 Å². The van der Waals surface area contributed by atoms with E-state index in [2.05, 4.69) is 46.4 Å². The molecule has 1 amide bonds. The molecular formula is C28H22N5O+. The lowest BCUT2D eigenvalue weighted by Gasteiger charge is -2.10. The van der Waals surface area contributed by atoms with Crippen LogP contribution in [0.5, 0.6) is 0 Å². The van der Waals surface area contributed by atoms with E-state index in [1.54, 1.807) is 24.7 Å². The van der Waals surface area contributed by atoms with E-state index >= 15 is 0 Å². The minimum atomic E-state index is -0.435. The number of hydrogen-bond donors (Lipinski definition) is 1. The van der Waals surface area contributed by atoms with E-state index in [0.717, 1.165) is 39.5 Å². The minimum absolute atomic E-state index is 0.435. The molecule has 0 bridgehead atoms. The topological polar surface area (TPSA) is 85.6 Å². The van der Waals surface area contributed by atoms with Gasteiger partial charge in [-0.15, -0.1) is 0 Å². The molecule has 0 saturated heterocycles. The van der Waals surface area contributed by atoms with Crippen LogP contribution in [0.25, 0.3) is 33.9 Å². The van der Waals surface area contributed by atoms with E-state index in [4.69, 9.17) is 10.7 Å². The van der Waals surface area contributed by atoms with Crippen molar-refractivity contribution in [1.29, 1.82) is 0 Å². The minimum Gasteiger partial charge on any atom is -0.365 e. The van der Waals surface area contributed by atoms with Gasteiger partial charge in [0.05, 0.1) is 22.8 Å². The molecule has 164 valence electrons. The summed E-state index contributed by atoms with van der Waals surface area (Å²) in [5.74, 6) is -0.435. The van der Waals surface area contributed by atoms with Gasteiger partial charge >= 0.3 is 0 Å². The molecule has 0 atom stereocenters. The Morgan fingerprint density at radius 1 is 0.735 bits per heavy atom. The summed E-state index contributed by atoms with van der Waals surface area (Å²) >= 11 is 0. The molecule has 0 saturated carbocycles. The van der Waals surface area contributed by atoms with E-state index in [9.17, 15) is 4.79 Å². The number of benzene rings is 1. The van der Waals surface area contributed by atoms with Crippen LogP contribution in [0.1, 0.15) is 15.9 Å². The summed E-state index contributed by atoms with van der Waals surface area (Å²) in [7, 11) is 0. The maximum atomic E-state index is 11.5. The number of pyridine rings is 4. The molecule has 1 aromatic carbocycles. The summed E-state index contributed by atoms with van der Waals surface area (Å²) in [6.07, 6.45) is 7.21. The smallest absolute Gasteiger partial charge is 0.254 e. The number of carbonyl (C=O) groups excluding carboxylic acids is 1. The van der Waals surface area contributed by atoms with E-state index in [1.807, 2.05) is 53.2 Å². The highest BCUT2D eigenvalue weighted by atomic mass is 16.1. The van der Waals surface area contributed by atoms with Gasteiger partial charge in [-0.1, -0.05) is 36.4 Å². The van der Waals surface area contributed by atoms with Crippen molar-refractivity contribution in [3.63, 3.8) is 0 Å². The summed E-state index contributed by atoms with van der Waals surface area (Å²) in [4.78, 5) is 25.3. The number of primary amides is 1. The fourth-order valence-electron chi connectivity index (χ4n) is 3.77. The summed E-state index contributed by atoms with van der Waals surface area (Å²) in [6, 6.07) is 27.6. The second kappa shape index (κ2) is 9.42. The zero-order valence-corrected chi connectivity index (χ0v) is 18.4. The monoisotopic (exact) mass is 444 g/mol. The number of nitrogens with two attached hydrogens (primary N) is 1. The number of aromatic nitrogens is 4. The van der Waals surface area contributed by atoms with Crippen molar-refractivity contribution >= 4 is 5.91 Å². The number of carbonyl (C=O) groups is 1. The van der Waals surface area contributed by atoms with Crippen LogP contribution in [0, 0.1) is 0 Å². The van der Waals surface area contributed by atoms with E-state index in [1.165, 1.54) is 0 Å². The molecule has 0 radical (unpaired) electrons. The summed E-state index contributed by atoms with van der Waals surface area (Å²) < 4.78 is 1.94. The van der Waals surface area contributed by atoms with Gasteiger partial charge in [-0.25, -0.2) is 4.98 Å². The van der Waals surface area contributed by atoms with Crippen LogP contribution in [0.3, 0.4) is 0 Å². The normalized spacial score (nSPS) is 10.7. The van der Waals surface area contributed by atoms with Gasteiger partial charge < -0.3 is 5.73 Å². The van der Waals surface area contributed by atoms with E-state index in [-0.39, 0.29) is 0 Å². The van der Waals surface area contributed by atoms with Gasteiger partial charge in [0, 0.05) is 24.0 Å². The molecular weight excluding hydrogens is 422 g/mol. The van der Waals surface area contributed by atoms with Crippen molar-refractivity contribution in [2.24, 2.45) is 5.73 Å². The fourth-order valence-corrected chi connectivity index (χ4v) is 3.77. The molecule has 5 rings (SSSR count). The third-order valence-electron chi connectivity index (χ3n) is 5.48. The van der Waals surface area contributed by atoms with Crippen LogP contribution in [-0.2, 0) is 6.54 Å². The Kier molecular flexibility index (Phi) is 5.86. The molecule has 5 aromatic rings. The molecule has 2 N–H and O–H groups in total. The second-order valence-corrected chi connectivity index (χ2v) is 7.88. The molecule has 4 aromatic heterocycles. The standard InChI is InChI=1S/C28H21N5O/c29-28(34)22-6-5-15-33(19-22)18-20-9-11-21(12-10-20)23-16-26(24-7-1-3-13-30-24)32-27(17-23)25-8-2-4-14-31-25/h1-17,19H,18H2,(H-,29,34)/p+1. The highest BCUT2D eigenvalue weighted by Gasteiger charge is 2.12. The maximum absolute atomic E-state index is 11.5. The number of hydrogen-bond acceptors (Lipinski definition) is 4. The Labute approximate surface area is 197 Å². The number of nitrogens with zero attached hydrogens (tertiary/aromatic N) is 4. The lowest BCUT2D eigenvalue weighted by Crippen LogP contribution is -2.35. The average molecular weight is 445 g/mol. The first-order valence-corrected chi connectivity index (χ1v) is 10.9. The molecule has 0 aliphatic carbocycles. The third kappa shape index (κ3) is 4.71. The van der Waals surface area contributed by atoms with Crippen LogP contribution in [0.4, 0.5) is 0 Å². The van der Waals surface area contributed by atoms with Crippen LogP contribution in [-0.4, -0.2) is 20.9 Å². The summed E-state index contributed by atoms with van der Waals surface area (Å²) in [5, 5.41) is 0. The molecule has 0 spiro atoms. The Hall–Kier alpha value is -4.71.